The summed E-state index contributed by atoms with van der Waals surface area (Å²) in [5.74, 6) is 0.0690. The lowest BCUT2D eigenvalue weighted by atomic mass is 10.0. The molecule has 0 fully saturated rings. The molecular formula is C17H31N3O. The molecule has 120 valence electrons. The van der Waals surface area contributed by atoms with Crippen LogP contribution in [0.2, 0.25) is 0 Å². The Balaban J connectivity index is 2.64. The minimum absolute atomic E-state index is 0.0690. The topological polar surface area (TPSA) is 46.1 Å². The molecule has 0 saturated carbocycles. The molecule has 1 rings (SSSR count). The van der Waals surface area contributed by atoms with E-state index < -0.39 is 0 Å². The molecule has 4 nitrogen and oxygen atoms in total. The van der Waals surface area contributed by atoms with Crippen LogP contribution in [-0.2, 0) is 11.3 Å². The number of amides is 1. The normalized spacial score (nSPS) is 13.2. The molecule has 2 N–H and O–H groups in total. The van der Waals surface area contributed by atoms with Gasteiger partial charge in [0.1, 0.15) is 6.54 Å². The molecule has 1 unspecified atom stereocenters. The zero-order valence-electron chi connectivity index (χ0n) is 14.2. The predicted molar refractivity (Wildman–Crippen MR) is 88.3 cm³/mol. The van der Waals surface area contributed by atoms with Crippen molar-refractivity contribution in [2.24, 2.45) is 0 Å². The SMILES string of the molecule is CCCC(NCC)c1ccn(CC(=O)NC(C)(C)CC)c1. The van der Waals surface area contributed by atoms with Crippen molar-refractivity contribution in [1.29, 1.82) is 0 Å². The maximum absolute atomic E-state index is 12.1. The van der Waals surface area contributed by atoms with Gasteiger partial charge in [-0.05, 0) is 44.9 Å². The number of rotatable bonds is 9. The van der Waals surface area contributed by atoms with E-state index >= 15 is 0 Å². The van der Waals surface area contributed by atoms with Crippen LogP contribution in [0.15, 0.2) is 18.5 Å². The van der Waals surface area contributed by atoms with Crippen LogP contribution in [0.4, 0.5) is 0 Å². The van der Waals surface area contributed by atoms with E-state index in [1.165, 1.54) is 5.56 Å². The van der Waals surface area contributed by atoms with E-state index in [1.807, 2.05) is 10.8 Å². The van der Waals surface area contributed by atoms with E-state index in [1.54, 1.807) is 0 Å². The summed E-state index contributed by atoms with van der Waals surface area (Å²) in [6.45, 7) is 11.8. The molecule has 1 atom stereocenters. The van der Waals surface area contributed by atoms with Gasteiger partial charge in [0.2, 0.25) is 5.91 Å². The highest BCUT2D eigenvalue weighted by atomic mass is 16.2. The first-order valence-corrected chi connectivity index (χ1v) is 8.12. The second-order valence-corrected chi connectivity index (χ2v) is 6.30. The quantitative estimate of drug-likeness (QED) is 0.734. The Labute approximate surface area is 129 Å². The van der Waals surface area contributed by atoms with Crippen LogP contribution in [0.25, 0.3) is 0 Å². The van der Waals surface area contributed by atoms with Crippen LogP contribution >= 0.6 is 0 Å². The van der Waals surface area contributed by atoms with E-state index in [2.05, 4.69) is 57.5 Å². The fraction of sp³-hybridized carbons (Fsp3) is 0.706. The number of carbonyl (C=O) groups excluding carboxylic acids is 1. The molecule has 0 aliphatic carbocycles. The van der Waals surface area contributed by atoms with Crippen LogP contribution in [0.5, 0.6) is 0 Å². The van der Waals surface area contributed by atoms with Gasteiger partial charge in [-0.2, -0.15) is 0 Å². The highest BCUT2D eigenvalue weighted by molar-refractivity contribution is 5.76. The zero-order chi connectivity index (χ0) is 15.9. The van der Waals surface area contributed by atoms with Crippen molar-refractivity contribution in [3.05, 3.63) is 24.0 Å². The van der Waals surface area contributed by atoms with E-state index in [0.29, 0.717) is 12.6 Å². The Hall–Kier alpha value is -1.29. The van der Waals surface area contributed by atoms with Gasteiger partial charge < -0.3 is 15.2 Å². The van der Waals surface area contributed by atoms with Gasteiger partial charge in [-0.3, -0.25) is 4.79 Å². The average Bonchev–Trinajstić information content (AvgIpc) is 2.86. The molecule has 0 radical (unpaired) electrons. The second kappa shape index (κ2) is 8.23. The monoisotopic (exact) mass is 293 g/mol. The van der Waals surface area contributed by atoms with Crippen LogP contribution < -0.4 is 10.6 Å². The second-order valence-electron chi connectivity index (χ2n) is 6.30. The molecule has 1 heterocycles. The lowest BCUT2D eigenvalue weighted by Crippen LogP contribution is -2.44. The standard InChI is InChI=1S/C17H31N3O/c1-6-9-15(18-8-3)14-10-11-20(12-14)13-16(21)19-17(4,5)7-2/h10-12,15,18H,6-9,13H2,1-5H3,(H,19,21). The van der Waals surface area contributed by atoms with Gasteiger partial charge in [-0.15, -0.1) is 0 Å². The highest BCUT2D eigenvalue weighted by Crippen LogP contribution is 2.18. The van der Waals surface area contributed by atoms with Crippen molar-refractivity contribution in [3.63, 3.8) is 0 Å². The van der Waals surface area contributed by atoms with Crippen molar-refractivity contribution >= 4 is 5.91 Å². The number of carbonyl (C=O) groups is 1. The summed E-state index contributed by atoms with van der Waals surface area (Å²) in [5, 5.41) is 6.57. The molecule has 0 aromatic carbocycles. The number of hydrogen-bond donors (Lipinski definition) is 2. The summed E-state index contributed by atoms with van der Waals surface area (Å²) in [6, 6.07) is 2.50. The van der Waals surface area contributed by atoms with Crippen molar-refractivity contribution < 1.29 is 4.79 Å². The van der Waals surface area contributed by atoms with Gasteiger partial charge in [0.05, 0.1) is 0 Å². The van der Waals surface area contributed by atoms with E-state index in [4.69, 9.17) is 0 Å². The molecule has 1 aromatic heterocycles. The smallest absolute Gasteiger partial charge is 0.240 e. The Morgan fingerprint density at radius 1 is 1.33 bits per heavy atom. The summed E-state index contributed by atoms with van der Waals surface area (Å²) < 4.78 is 1.97. The van der Waals surface area contributed by atoms with Crippen LogP contribution in [0, 0.1) is 0 Å². The molecule has 0 spiro atoms. The van der Waals surface area contributed by atoms with Gasteiger partial charge in [0.25, 0.3) is 0 Å². The van der Waals surface area contributed by atoms with Gasteiger partial charge in [-0.25, -0.2) is 0 Å². The minimum atomic E-state index is -0.137. The highest BCUT2D eigenvalue weighted by Gasteiger charge is 2.18. The summed E-state index contributed by atoms with van der Waals surface area (Å²) in [5.41, 5.74) is 1.13. The fourth-order valence-electron chi connectivity index (χ4n) is 2.36. The third-order valence-corrected chi connectivity index (χ3v) is 3.89. The lowest BCUT2D eigenvalue weighted by molar-refractivity contribution is -0.123. The zero-order valence-corrected chi connectivity index (χ0v) is 14.2. The van der Waals surface area contributed by atoms with Crippen LogP contribution in [0.3, 0.4) is 0 Å². The Morgan fingerprint density at radius 2 is 2.05 bits per heavy atom. The first-order valence-electron chi connectivity index (χ1n) is 8.12. The number of aromatic nitrogens is 1. The molecular weight excluding hydrogens is 262 g/mol. The van der Waals surface area contributed by atoms with Crippen molar-refractivity contribution in [3.8, 4) is 0 Å². The van der Waals surface area contributed by atoms with Crippen LogP contribution in [0.1, 0.15) is 65.5 Å². The molecule has 0 aliphatic rings. The average molecular weight is 293 g/mol. The summed E-state index contributed by atoms with van der Waals surface area (Å²) in [7, 11) is 0. The molecule has 0 bridgehead atoms. The predicted octanol–water partition coefficient (Wildman–Crippen LogP) is 3.24. The largest absolute Gasteiger partial charge is 0.350 e. The summed E-state index contributed by atoms with van der Waals surface area (Å²) in [6.07, 6.45) is 7.27. The van der Waals surface area contributed by atoms with Gasteiger partial charge in [0.15, 0.2) is 0 Å². The molecule has 4 heteroatoms. The van der Waals surface area contributed by atoms with E-state index in [9.17, 15) is 4.79 Å². The van der Waals surface area contributed by atoms with Gasteiger partial charge >= 0.3 is 0 Å². The molecule has 0 saturated heterocycles. The van der Waals surface area contributed by atoms with Gasteiger partial charge in [-0.1, -0.05) is 27.2 Å². The maximum Gasteiger partial charge on any atom is 0.240 e. The summed E-state index contributed by atoms with van der Waals surface area (Å²) in [4.78, 5) is 12.1. The minimum Gasteiger partial charge on any atom is -0.350 e. The van der Waals surface area contributed by atoms with Crippen LogP contribution in [-0.4, -0.2) is 22.6 Å². The fourth-order valence-corrected chi connectivity index (χ4v) is 2.36. The number of hydrogen-bond acceptors (Lipinski definition) is 2. The van der Waals surface area contributed by atoms with Crippen molar-refractivity contribution in [2.75, 3.05) is 6.54 Å². The van der Waals surface area contributed by atoms with Crippen molar-refractivity contribution in [2.45, 2.75) is 72.0 Å². The lowest BCUT2D eigenvalue weighted by Gasteiger charge is -2.24. The Morgan fingerprint density at radius 3 is 2.62 bits per heavy atom. The first kappa shape index (κ1) is 17.8. The van der Waals surface area contributed by atoms with Crippen molar-refractivity contribution in [1.82, 2.24) is 15.2 Å². The molecule has 0 aliphatic heterocycles. The molecule has 1 amide bonds. The van der Waals surface area contributed by atoms with Gasteiger partial charge in [0, 0.05) is 24.0 Å². The number of nitrogens with zero attached hydrogens (tertiary/aromatic N) is 1. The Bertz CT molecular complexity index is 431. The Kier molecular flexibility index (Phi) is 6.96. The summed E-state index contributed by atoms with van der Waals surface area (Å²) >= 11 is 0. The van der Waals surface area contributed by atoms with E-state index in [-0.39, 0.29) is 11.4 Å². The molecule has 1 aromatic rings. The number of nitrogens with one attached hydrogen (secondary N) is 2. The molecule has 21 heavy (non-hydrogen) atoms. The maximum atomic E-state index is 12.1. The third kappa shape index (κ3) is 5.92. The first-order chi connectivity index (χ1) is 9.91. The third-order valence-electron chi connectivity index (χ3n) is 3.89. The van der Waals surface area contributed by atoms with E-state index in [0.717, 1.165) is 25.8 Å².